The Morgan fingerprint density at radius 2 is 2.39 bits per heavy atom. The molecule has 0 aliphatic heterocycles. The van der Waals surface area contributed by atoms with Gasteiger partial charge in [-0.1, -0.05) is 0 Å². The van der Waals surface area contributed by atoms with E-state index in [0.29, 0.717) is 12.3 Å². The van der Waals surface area contributed by atoms with E-state index < -0.39 is 0 Å². The van der Waals surface area contributed by atoms with Crippen molar-refractivity contribution >= 4 is 29.5 Å². The Bertz CT molecular complexity index is 571. The number of aromatic nitrogens is 3. The first-order valence-electron chi connectivity index (χ1n) is 5.49. The topological polar surface area (TPSA) is 57.0 Å². The third kappa shape index (κ3) is 2.84. The Morgan fingerprint density at radius 1 is 1.56 bits per heavy atom. The van der Waals surface area contributed by atoms with E-state index in [1.165, 1.54) is 11.3 Å². The standard InChI is InChI=1S/C12H13N3O2S/c1-3-17-12(16)10-8-18-11(14-10)5-4-9-6-7-13-15(9)2/h4-8H,3H2,1-2H3. The molecule has 0 saturated heterocycles. The van der Waals surface area contributed by atoms with Crippen molar-refractivity contribution in [2.24, 2.45) is 7.05 Å². The van der Waals surface area contributed by atoms with Gasteiger partial charge in [0.15, 0.2) is 5.69 Å². The van der Waals surface area contributed by atoms with Crippen molar-refractivity contribution in [2.75, 3.05) is 6.61 Å². The molecule has 2 heterocycles. The zero-order valence-corrected chi connectivity index (χ0v) is 11.0. The van der Waals surface area contributed by atoms with E-state index in [9.17, 15) is 4.79 Å². The van der Waals surface area contributed by atoms with Gasteiger partial charge in [-0.2, -0.15) is 5.10 Å². The predicted molar refractivity (Wildman–Crippen MR) is 70.2 cm³/mol. The maximum atomic E-state index is 11.4. The van der Waals surface area contributed by atoms with E-state index in [2.05, 4.69) is 10.1 Å². The highest BCUT2D eigenvalue weighted by Gasteiger charge is 2.09. The number of carbonyl (C=O) groups is 1. The Kier molecular flexibility index (Phi) is 3.88. The Balaban J connectivity index is 2.09. The summed E-state index contributed by atoms with van der Waals surface area (Å²) in [6, 6.07) is 1.90. The number of ether oxygens (including phenoxy) is 1. The number of hydrogen-bond acceptors (Lipinski definition) is 5. The molecule has 0 saturated carbocycles. The van der Waals surface area contributed by atoms with Gasteiger partial charge >= 0.3 is 5.97 Å². The molecule has 0 aromatic carbocycles. The largest absolute Gasteiger partial charge is 0.461 e. The summed E-state index contributed by atoms with van der Waals surface area (Å²) in [6.07, 6.45) is 5.48. The minimum absolute atomic E-state index is 0.353. The summed E-state index contributed by atoms with van der Waals surface area (Å²) in [4.78, 5) is 15.6. The number of nitrogens with zero attached hydrogens (tertiary/aromatic N) is 3. The summed E-state index contributed by atoms with van der Waals surface area (Å²) in [6.45, 7) is 2.13. The van der Waals surface area contributed by atoms with Gasteiger partial charge in [0.2, 0.25) is 0 Å². The van der Waals surface area contributed by atoms with Crippen molar-refractivity contribution in [3.63, 3.8) is 0 Å². The van der Waals surface area contributed by atoms with Crippen LogP contribution in [0, 0.1) is 0 Å². The third-order valence-corrected chi connectivity index (χ3v) is 3.07. The highest BCUT2D eigenvalue weighted by atomic mass is 32.1. The summed E-state index contributed by atoms with van der Waals surface area (Å²) in [5.74, 6) is -0.381. The molecule has 2 aromatic heterocycles. The molecule has 5 nitrogen and oxygen atoms in total. The van der Waals surface area contributed by atoms with Gasteiger partial charge in [-0.3, -0.25) is 4.68 Å². The molecule has 6 heteroatoms. The first-order valence-corrected chi connectivity index (χ1v) is 6.37. The van der Waals surface area contributed by atoms with Crippen molar-refractivity contribution in [3.8, 4) is 0 Å². The smallest absolute Gasteiger partial charge is 0.357 e. The molecule has 0 atom stereocenters. The molecule has 2 aromatic rings. The molecule has 18 heavy (non-hydrogen) atoms. The molecular formula is C12H13N3O2S. The first kappa shape index (κ1) is 12.5. The fourth-order valence-corrected chi connectivity index (χ4v) is 2.05. The molecule has 0 N–H and O–H groups in total. The zero-order valence-electron chi connectivity index (χ0n) is 10.2. The number of thiazole rings is 1. The van der Waals surface area contributed by atoms with E-state index in [-0.39, 0.29) is 5.97 Å². The van der Waals surface area contributed by atoms with Gasteiger partial charge in [0.1, 0.15) is 5.01 Å². The second kappa shape index (κ2) is 5.59. The molecule has 0 unspecified atom stereocenters. The first-order chi connectivity index (χ1) is 8.70. The van der Waals surface area contributed by atoms with Gasteiger partial charge in [0.05, 0.1) is 12.3 Å². The number of carbonyl (C=O) groups excluding carboxylic acids is 1. The summed E-state index contributed by atoms with van der Waals surface area (Å²) in [5, 5.41) is 6.52. The highest BCUT2D eigenvalue weighted by molar-refractivity contribution is 7.10. The number of aryl methyl sites for hydroxylation is 1. The Hall–Kier alpha value is -1.95. The van der Waals surface area contributed by atoms with Crippen molar-refractivity contribution in [2.45, 2.75) is 6.92 Å². The van der Waals surface area contributed by atoms with E-state index in [0.717, 1.165) is 10.7 Å². The molecule has 2 rings (SSSR count). The van der Waals surface area contributed by atoms with E-state index >= 15 is 0 Å². The molecule has 0 radical (unpaired) electrons. The van der Waals surface area contributed by atoms with Gasteiger partial charge in [0, 0.05) is 18.6 Å². The van der Waals surface area contributed by atoms with Crippen molar-refractivity contribution in [1.82, 2.24) is 14.8 Å². The van der Waals surface area contributed by atoms with Crippen LogP contribution in [0.4, 0.5) is 0 Å². The predicted octanol–water partition coefficient (Wildman–Crippen LogP) is 2.22. The maximum Gasteiger partial charge on any atom is 0.357 e. The van der Waals surface area contributed by atoms with Crippen LogP contribution in [0.1, 0.15) is 28.1 Å². The van der Waals surface area contributed by atoms with Crippen LogP contribution in [0.2, 0.25) is 0 Å². The number of rotatable bonds is 4. The number of hydrogen-bond donors (Lipinski definition) is 0. The van der Waals surface area contributed by atoms with Crippen molar-refractivity contribution < 1.29 is 9.53 Å². The fourth-order valence-electron chi connectivity index (χ4n) is 1.37. The number of esters is 1. The van der Waals surface area contributed by atoms with Crippen LogP contribution in [0.15, 0.2) is 17.6 Å². The second-order valence-electron chi connectivity index (χ2n) is 3.50. The molecular weight excluding hydrogens is 250 g/mol. The average molecular weight is 263 g/mol. The van der Waals surface area contributed by atoms with Crippen molar-refractivity contribution in [1.29, 1.82) is 0 Å². The zero-order chi connectivity index (χ0) is 13.0. The fraction of sp³-hybridized carbons (Fsp3) is 0.250. The molecule has 94 valence electrons. The van der Waals surface area contributed by atoms with Gasteiger partial charge < -0.3 is 4.74 Å². The van der Waals surface area contributed by atoms with Crippen LogP contribution in [-0.4, -0.2) is 27.3 Å². The lowest BCUT2D eigenvalue weighted by molar-refractivity contribution is 0.0520. The lowest BCUT2D eigenvalue weighted by Gasteiger charge is -1.95. The van der Waals surface area contributed by atoms with E-state index in [1.807, 2.05) is 25.3 Å². The van der Waals surface area contributed by atoms with E-state index in [1.54, 1.807) is 23.2 Å². The normalized spacial score (nSPS) is 11.0. The third-order valence-electron chi connectivity index (χ3n) is 2.26. The van der Waals surface area contributed by atoms with Crippen molar-refractivity contribution in [3.05, 3.63) is 34.0 Å². The van der Waals surface area contributed by atoms with Crippen LogP contribution in [0.25, 0.3) is 12.2 Å². The summed E-state index contributed by atoms with van der Waals surface area (Å²) in [5.41, 5.74) is 1.33. The van der Waals surface area contributed by atoms with Gasteiger partial charge in [-0.25, -0.2) is 9.78 Å². The molecule has 0 amide bonds. The Morgan fingerprint density at radius 3 is 3.06 bits per heavy atom. The Labute approximate surface area is 109 Å². The minimum Gasteiger partial charge on any atom is -0.461 e. The molecule has 0 aliphatic carbocycles. The average Bonchev–Trinajstić information content (AvgIpc) is 2.96. The molecule has 0 aliphatic rings. The van der Waals surface area contributed by atoms with Gasteiger partial charge in [-0.15, -0.1) is 11.3 Å². The summed E-state index contributed by atoms with van der Waals surface area (Å²) < 4.78 is 6.64. The monoisotopic (exact) mass is 263 g/mol. The van der Waals surface area contributed by atoms with Crippen LogP contribution in [0.3, 0.4) is 0 Å². The highest BCUT2D eigenvalue weighted by Crippen LogP contribution is 2.14. The van der Waals surface area contributed by atoms with Crippen LogP contribution in [0.5, 0.6) is 0 Å². The molecule has 0 bridgehead atoms. The van der Waals surface area contributed by atoms with E-state index in [4.69, 9.17) is 4.74 Å². The lowest BCUT2D eigenvalue weighted by atomic mass is 10.4. The van der Waals surface area contributed by atoms with Crippen LogP contribution >= 0.6 is 11.3 Å². The van der Waals surface area contributed by atoms with Gasteiger partial charge in [0.25, 0.3) is 0 Å². The minimum atomic E-state index is -0.381. The van der Waals surface area contributed by atoms with Crippen LogP contribution in [-0.2, 0) is 11.8 Å². The molecule has 0 spiro atoms. The molecule has 0 fully saturated rings. The SMILES string of the molecule is CCOC(=O)c1csc(C=Cc2ccnn2C)n1. The van der Waals surface area contributed by atoms with Crippen LogP contribution < -0.4 is 0 Å². The summed E-state index contributed by atoms with van der Waals surface area (Å²) in [7, 11) is 1.87. The quantitative estimate of drug-likeness (QED) is 0.794. The summed E-state index contributed by atoms with van der Waals surface area (Å²) >= 11 is 1.40. The lowest BCUT2D eigenvalue weighted by Crippen LogP contribution is -2.04. The maximum absolute atomic E-state index is 11.4. The second-order valence-corrected chi connectivity index (χ2v) is 4.39. The van der Waals surface area contributed by atoms with Gasteiger partial charge in [-0.05, 0) is 25.1 Å².